The second-order valence-electron chi connectivity index (χ2n) is 1.31. The molecule has 0 spiro atoms. The fourth-order valence-electron chi connectivity index (χ4n) is 0.327. The standard InChI is InChI=1S/C4H11NO2/c6-3-1-5-2-4-7/h5-7H,1-4H2/p+1. The summed E-state index contributed by atoms with van der Waals surface area (Å²) in [5.74, 6) is 0. The van der Waals surface area contributed by atoms with E-state index in [0.29, 0.717) is 13.1 Å². The molecule has 0 saturated carbocycles. The summed E-state index contributed by atoms with van der Waals surface area (Å²) >= 11 is 0. The van der Waals surface area contributed by atoms with E-state index in [9.17, 15) is 0 Å². The summed E-state index contributed by atoms with van der Waals surface area (Å²) < 4.78 is 0. The molecule has 0 radical (unpaired) electrons. The molecule has 44 valence electrons. The van der Waals surface area contributed by atoms with Gasteiger partial charge in [0.1, 0.15) is 0 Å². The molecule has 7 heavy (non-hydrogen) atoms. The molecule has 0 aromatic carbocycles. The van der Waals surface area contributed by atoms with Crippen molar-refractivity contribution in [3.05, 3.63) is 0 Å². The highest BCUT2D eigenvalue weighted by atomic mass is 16.3. The third-order valence-electron chi connectivity index (χ3n) is 0.666. The van der Waals surface area contributed by atoms with Crippen molar-refractivity contribution in [3.63, 3.8) is 0 Å². The zero-order valence-electron chi connectivity index (χ0n) is 4.30. The van der Waals surface area contributed by atoms with Crippen LogP contribution in [0.25, 0.3) is 0 Å². The molecule has 0 aliphatic heterocycles. The summed E-state index contributed by atoms with van der Waals surface area (Å²) in [4.78, 5) is 0. The van der Waals surface area contributed by atoms with E-state index in [0.717, 1.165) is 0 Å². The van der Waals surface area contributed by atoms with Gasteiger partial charge in [0.15, 0.2) is 0 Å². The van der Waals surface area contributed by atoms with Crippen LogP contribution in [0.2, 0.25) is 0 Å². The third-order valence-corrected chi connectivity index (χ3v) is 0.666. The zero-order valence-corrected chi connectivity index (χ0v) is 4.30. The van der Waals surface area contributed by atoms with Gasteiger partial charge in [-0.3, -0.25) is 0 Å². The number of aliphatic hydroxyl groups excluding tert-OH is 2. The highest BCUT2D eigenvalue weighted by molar-refractivity contribution is 4.15. The monoisotopic (exact) mass is 106 g/mol. The molecular formula is C4H12NO2+. The summed E-state index contributed by atoms with van der Waals surface area (Å²) in [5, 5.41) is 18.2. The Balaban J connectivity index is 2.45. The van der Waals surface area contributed by atoms with Gasteiger partial charge in [-0.2, -0.15) is 0 Å². The van der Waals surface area contributed by atoms with Crippen molar-refractivity contribution in [1.29, 1.82) is 0 Å². The molecule has 0 atom stereocenters. The van der Waals surface area contributed by atoms with Crippen molar-refractivity contribution in [1.82, 2.24) is 0 Å². The van der Waals surface area contributed by atoms with Crippen LogP contribution in [-0.2, 0) is 0 Å². The molecule has 0 saturated heterocycles. The third kappa shape index (κ3) is 5.88. The van der Waals surface area contributed by atoms with Gasteiger partial charge < -0.3 is 15.5 Å². The van der Waals surface area contributed by atoms with E-state index in [4.69, 9.17) is 10.2 Å². The molecule has 0 aliphatic carbocycles. The Morgan fingerprint density at radius 3 is 1.71 bits per heavy atom. The fourth-order valence-corrected chi connectivity index (χ4v) is 0.327. The van der Waals surface area contributed by atoms with Crippen LogP contribution in [0.4, 0.5) is 0 Å². The van der Waals surface area contributed by atoms with Gasteiger partial charge in [-0.15, -0.1) is 0 Å². The van der Waals surface area contributed by atoms with Crippen molar-refractivity contribution in [2.75, 3.05) is 26.3 Å². The molecule has 0 fully saturated rings. The number of quaternary nitrogens is 1. The maximum Gasteiger partial charge on any atom is 0.0991 e. The van der Waals surface area contributed by atoms with Crippen LogP contribution in [0.1, 0.15) is 0 Å². The molecule has 0 rings (SSSR count). The van der Waals surface area contributed by atoms with Crippen molar-refractivity contribution in [3.8, 4) is 0 Å². The topological polar surface area (TPSA) is 57.1 Å². The Kier molecular flexibility index (Phi) is 5.78. The molecule has 3 nitrogen and oxygen atoms in total. The SMILES string of the molecule is OCC[NH2+]CCO. The normalized spacial score (nSPS) is 9.43. The van der Waals surface area contributed by atoms with Crippen LogP contribution in [0.3, 0.4) is 0 Å². The first-order valence-electron chi connectivity index (χ1n) is 2.45. The van der Waals surface area contributed by atoms with E-state index in [1.165, 1.54) is 0 Å². The second kappa shape index (κ2) is 5.88. The van der Waals surface area contributed by atoms with Crippen LogP contribution in [0.5, 0.6) is 0 Å². The van der Waals surface area contributed by atoms with Gasteiger partial charge in [0.2, 0.25) is 0 Å². The Hall–Kier alpha value is -0.120. The summed E-state index contributed by atoms with van der Waals surface area (Å²) in [6.07, 6.45) is 0. The first kappa shape index (κ1) is 6.88. The van der Waals surface area contributed by atoms with Crippen LogP contribution in [-0.4, -0.2) is 36.5 Å². The molecular weight excluding hydrogens is 94.0 g/mol. The van der Waals surface area contributed by atoms with Crippen molar-refractivity contribution in [2.24, 2.45) is 0 Å². The van der Waals surface area contributed by atoms with E-state index in [1.807, 2.05) is 5.32 Å². The van der Waals surface area contributed by atoms with Gasteiger partial charge in [0.05, 0.1) is 26.3 Å². The molecule has 3 heteroatoms. The van der Waals surface area contributed by atoms with Crippen molar-refractivity contribution in [2.45, 2.75) is 0 Å². The van der Waals surface area contributed by atoms with Crippen molar-refractivity contribution >= 4 is 0 Å². The van der Waals surface area contributed by atoms with Gasteiger partial charge >= 0.3 is 0 Å². The molecule has 0 unspecified atom stereocenters. The fraction of sp³-hybridized carbons (Fsp3) is 1.00. The predicted molar refractivity (Wildman–Crippen MR) is 25.8 cm³/mol. The molecule has 0 heterocycles. The van der Waals surface area contributed by atoms with E-state index < -0.39 is 0 Å². The van der Waals surface area contributed by atoms with Crippen LogP contribution in [0.15, 0.2) is 0 Å². The Morgan fingerprint density at radius 2 is 1.43 bits per heavy atom. The lowest BCUT2D eigenvalue weighted by Crippen LogP contribution is -2.85. The van der Waals surface area contributed by atoms with Crippen LogP contribution >= 0.6 is 0 Å². The first-order valence-corrected chi connectivity index (χ1v) is 2.45. The second-order valence-corrected chi connectivity index (χ2v) is 1.31. The Bertz CT molecular complexity index is 28.9. The summed E-state index contributed by atoms with van der Waals surface area (Å²) in [6, 6.07) is 0. The Labute approximate surface area is 43.0 Å². The molecule has 0 aromatic rings. The van der Waals surface area contributed by atoms with Gasteiger partial charge in [0.25, 0.3) is 0 Å². The lowest BCUT2D eigenvalue weighted by Gasteiger charge is -1.91. The average Bonchev–Trinajstić information content (AvgIpc) is 1.69. The Morgan fingerprint density at radius 1 is 1.00 bits per heavy atom. The van der Waals surface area contributed by atoms with E-state index in [-0.39, 0.29) is 13.2 Å². The van der Waals surface area contributed by atoms with E-state index >= 15 is 0 Å². The molecule has 0 aliphatic rings. The van der Waals surface area contributed by atoms with E-state index in [2.05, 4.69) is 0 Å². The lowest BCUT2D eigenvalue weighted by atomic mass is 10.6. The highest BCUT2D eigenvalue weighted by Crippen LogP contribution is 1.40. The summed E-state index contributed by atoms with van der Waals surface area (Å²) in [6.45, 7) is 1.78. The highest BCUT2D eigenvalue weighted by Gasteiger charge is 1.82. The average molecular weight is 106 g/mol. The number of aliphatic hydroxyl groups is 2. The number of hydrogen-bond donors (Lipinski definition) is 3. The molecule has 0 bridgehead atoms. The maximum absolute atomic E-state index is 8.18. The number of hydrogen-bond acceptors (Lipinski definition) is 2. The largest absolute Gasteiger partial charge is 0.391 e. The van der Waals surface area contributed by atoms with Crippen LogP contribution < -0.4 is 5.32 Å². The number of nitrogens with two attached hydrogens (primary N) is 1. The van der Waals surface area contributed by atoms with Gasteiger partial charge in [-0.05, 0) is 0 Å². The predicted octanol–water partition coefficient (Wildman–Crippen LogP) is -2.47. The summed E-state index contributed by atoms with van der Waals surface area (Å²) in [5.41, 5.74) is 0. The maximum atomic E-state index is 8.18. The minimum Gasteiger partial charge on any atom is -0.391 e. The molecule has 0 aromatic heterocycles. The first-order chi connectivity index (χ1) is 3.41. The molecule has 4 N–H and O–H groups in total. The van der Waals surface area contributed by atoms with Gasteiger partial charge in [-0.1, -0.05) is 0 Å². The minimum absolute atomic E-state index is 0.194. The number of rotatable bonds is 4. The lowest BCUT2D eigenvalue weighted by molar-refractivity contribution is -0.657. The summed E-state index contributed by atoms with van der Waals surface area (Å²) in [7, 11) is 0. The van der Waals surface area contributed by atoms with Crippen molar-refractivity contribution < 1.29 is 15.5 Å². The van der Waals surface area contributed by atoms with Crippen LogP contribution in [0, 0.1) is 0 Å². The van der Waals surface area contributed by atoms with E-state index in [1.54, 1.807) is 0 Å². The zero-order chi connectivity index (χ0) is 5.54. The smallest absolute Gasteiger partial charge is 0.0991 e. The molecule has 0 amide bonds. The minimum atomic E-state index is 0.194. The van der Waals surface area contributed by atoms with Gasteiger partial charge in [-0.25, -0.2) is 0 Å². The van der Waals surface area contributed by atoms with Gasteiger partial charge in [0, 0.05) is 0 Å². The quantitative estimate of drug-likeness (QED) is 0.348.